The van der Waals surface area contributed by atoms with E-state index in [1.54, 1.807) is 11.3 Å². The maximum absolute atomic E-state index is 12.3. The lowest BCUT2D eigenvalue weighted by molar-refractivity contribution is -0.138. The second kappa shape index (κ2) is 7.94. The van der Waals surface area contributed by atoms with Crippen LogP contribution in [-0.4, -0.2) is 28.9 Å². The number of hydrogen-bond acceptors (Lipinski definition) is 4. The molecule has 4 nitrogen and oxygen atoms in total. The number of fused-ring (bicyclic) bond motifs is 5. The van der Waals surface area contributed by atoms with Gasteiger partial charge in [0.15, 0.2) is 5.13 Å². The molecule has 1 amide bonds. The van der Waals surface area contributed by atoms with Crippen LogP contribution in [0, 0.1) is 35.5 Å². The fraction of sp³-hybridized carbons (Fsp3) is 0.586. The number of thiazole rings is 1. The number of aromatic nitrogens is 1. The molecule has 4 aliphatic rings. The molecule has 1 N–H and O–H groups in total. The van der Waals surface area contributed by atoms with Gasteiger partial charge in [0.25, 0.3) is 0 Å². The molecule has 0 unspecified atom stereocenters. The Balaban J connectivity index is 1.24. The van der Waals surface area contributed by atoms with Crippen molar-refractivity contribution < 1.29 is 4.79 Å². The number of hydrogen-bond donors (Lipinski definition) is 1. The Labute approximate surface area is 207 Å². The van der Waals surface area contributed by atoms with E-state index in [2.05, 4.69) is 61.8 Å². The molecule has 7 atom stereocenters. The summed E-state index contributed by atoms with van der Waals surface area (Å²) in [6.45, 7) is 7.15. The number of aryl methyl sites for hydroxylation is 1. The molecule has 3 aliphatic carbocycles. The van der Waals surface area contributed by atoms with Crippen LogP contribution in [0.2, 0.25) is 0 Å². The molecule has 1 aromatic heterocycles. The number of benzene rings is 1. The fourth-order valence-corrected chi connectivity index (χ4v) is 9.33. The quantitative estimate of drug-likeness (QED) is 0.524. The van der Waals surface area contributed by atoms with Crippen molar-refractivity contribution >= 4 is 28.1 Å². The van der Waals surface area contributed by atoms with Crippen LogP contribution in [0.1, 0.15) is 69.5 Å². The second-order valence-electron chi connectivity index (χ2n) is 11.8. The van der Waals surface area contributed by atoms with Crippen molar-refractivity contribution in [1.82, 2.24) is 9.88 Å². The zero-order valence-corrected chi connectivity index (χ0v) is 21.7. The third-order valence-corrected chi connectivity index (χ3v) is 11.2. The van der Waals surface area contributed by atoms with Crippen LogP contribution in [0.3, 0.4) is 0 Å². The van der Waals surface area contributed by atoms with Gasteiger partial charge in [0.1, 0.15) is 0 Å². The largest absolute Gasteiger partial charge is 0.338 e. The molecular weight excluding hydrogens is 438 g/mol. The molecule has 5 heteroatoms. The first-order valence-electron chi connectivity index (χ1n) is 13.1. The first kappa shape index (κ1) is 22.3. The van der Waals surface area contributed by atoms with Crippen LogP contribution < -0.4 is 5.32 Å². The zero-order valence-electron chi connectivity index (χ0n) is 20.9. The summed E-state index contributed by atoms with van der Waals surface area (Å²) in [6, 6.07) is 8.79. The highest BCUT2D eigenvalue weighted by Crippen LogP contribution is 2.67. The highest BCUT2D eigenvalue weighted by Gasteiger charge is 2.60. The minimum absolute atomic E-state index is 0.121. The predicted octanol–water partition coefficient (Wildman–Crippen LogP) is 6.92. The number of likely N-dealkylation sites (N-methyl/N-ethyl adjacent to an activating group) is 1. The van der Waals surface area contributed by atoms with E-state index >= 15 is 0 Å². The lowest BCUT2D eigenvalue weighted by Crippen LogP contribution is -2.59. The Kier molecular flexibility index (Phi) is 5.22. The normalized spacial score (nSPS) is 38.9. The third-order valence-electron chi connectivity index (χ3n) is 10.4. The van der Waals surface area contributed by atoms with Gasteiger partial charge in [-0.1, -0.05) is 38.1 Å². The van der Waals surface area contributed by atoms with Gasteiger partial charge in [0, 0.05) is 35.5 Å². The Morgan fingerprint density at radius 2 is 1.91 bits per heavy atom. The van der Waals surface area contributed by atoms with Crippen LogP contribution in [0.25, 0.3) is 0 Å². The summed E-state index contributed by atoms with van der Waals surface area (Å²) in [7, 11) is 2.01. The maximum atomic E-state index is 12.3. The van der Waals surface area contributed by atoms with Gasteiger partial charge in [-0.25, -0.2) is 4.98 Å². The van der Waals surface area contributed by atoms with E-state index < -0.39 is 0 Å². The molecule has 0 bridgehead atoms. The number of anilines is 2. The summed E-state index contributed by atoms with van der Waals surface area (Å²) in [4.78, 5) is 19.5. The van der Waals surface area contributed by atoms with Gasteiger partial charge in [-0.15, -0.1) is 11.3 Å². The minimum Gasteiger partial charge on any atom is -0.338 e. The number of rotatable bonds is 3. The van der Waals surface area contributed by atoms with E-state index in [9.17, 15) is 4.79 Å². The molecular formula is C29H37N3OS. The first-order valence-corrected chi connectivity index (χ1v) is 13.9. The molecule has 2 aromatic rings. The molecule has 0 saturated heterocycles. The molecule has 0 spiro atoms. The highest BCUT2D eigenvalue weighted by atomic mass is 32.1. The average Bonchev–Trinajstić information content (AvgIpc) is 3.41. The lowest BCUT2D eigenvalue weighted by atomic mass is 9.47. The highest BCUT2D eigenvalue weighted by molar-refractivity contribution is 7.13. The number of nitrogens with zero attached hydrogens (tertiary/aromatic N) is 2. The van der Waals surface area contributed by atoms with Gasteiger partial charge in [0.2, 0.25) is 5.91 Å². The summed E-state index contributed by atoms with van der Waals surface area (Å²) in [5, 5.41) is 6.88. The van der Waals surface area contributed by atoms with Gasteiger partial charge >= 0.3 is 0 Å². The fourth-order valence-electron chi connectivity index (χ4n) is 8.56. The van der Waals surface area contributed by atoms with E-state index in [0.29, 0.717) is 23.3 Å². The summed E-state index contributed by atoms with van der Waals surface area (Å²) < 4.78 is 0. The molecule has 1 aromatic carbocycles. The second-order valence-corrected chi connectivity index (χ2v) is 12.7. The topological polar surface area (TPSA) is 45.2 Å². The molecule has 1 aliphatic heterocycles. The Morgan fingerprint density at radius 3 is 2.74 bits per heavy atom. The molecule has 6 rings (SSSR count). The molecule has 3 fully saturated rings. The first-order chi connectivity index (χ1) is 16.3. The van der Waals surface area contributed by atoms with E-state index in [-0.39, 0.29) is 11.3 Å². The Bertz CT molecular complexity index is 1140. The van der Waals surface area contributed by atoms with Crippen molar-refractivity contribution in [2.24, 2.45) is 28.6 Å². The average molecular weight is 476 g/mol. The molecule has 3 saturated carbocycles. The van der Waals surface area contributed by atoms with Crippen LogP contribution in [0.4, 0.5) is 10.8 Å². The van der Waals surface area contributed by atoms with Crippen LogP contribution in [-0.2, 0) is 4.79 Å². The molecule has 2 heterocycles. The Morgan fingerprint density at radius 1 is 1.09 bits per heavy atom. The van der Waals surface area contributed by atoms with Gasteiger partial charge in [0.05, 0.1) is 5.69 Å². The predicted molar refractivity (Wildman–Crippen MR) is 139 cm³/mol. The number of amides is 1. The molecule has 0 radical (unpaired) electrons. The maximum Gasteiger partial charge on any atom is 0.246 e. The minimum atomic E-state index is 0.121. The smallest absolute Gasteiger partial charge is 0.246 e. The zero-order chi connectivity index (χ0) is 23.7. The summed E-state index contributed by atoms with van der Waals surface area (Å²) in [5.74, 6) is 2.95. The number of carbonyl (C=O) groups excluding carboxylic acids is 1. The van der Waals surface area contributed by atoms with Crippen LogP contribution >= 0.6 is 11.3 Å². The number of carbonyl (C=O) groups is 1. The molecule has 34 heavy (non-hydrogen) atoms. The molecule has 180 valence electrons. The summed E-state index contributed by atoms with van der Waals surface area (Å²) in [5.41, 5.74) is 4.15. The SMILES string of the molecule is Cc1ccccc1Nc1nc([C@H]2CC[C@H]3[C@@H]4CC[C@H]5N(C)C(=O)C=C[C@]5(C)[C@H]4CC[C@]23C)cs1. The van der Waals surface area contributed by atoms with Crippen molar-refractivity contribution in [3.05, 3.63) is 53.1 Å². The monoisotopic (exact) mass is 475 g/mol. The van der Waals surface area contributed by atoms with E-state index in [1.165, 1.54) is 43.4 Å². The Hall–Kier alpha value is -2.14. The summed E-state index contributed by atoms with van der Waals surface area (Å²) in [6.07, 6.45) is 11.7. The van der Waals surface area contributed by atoms with Crippen molar-refractivity contribution in [1.29, 1.82) is 0 Å². The van der Waals surface area contributed by atoms with Gasteiger partial charge in [-0.3, -0.25) is 4.79 Å². The van der Waals surface area contributed by atoms with Crippen molar-refractivity contribution in [3.63, 3.8) is 0 Å². The van der Waals surface area contributed by atoms with Crippen LogP contribution in [0.5, 0.6) is 0 Å². The van der Waals surface area contributed by atoms with Gasteiger partial charge < -0.3 is 10.2 Å². The van der Waals surface area contributed by atoms with E-state index in [0.717, 1.165) is 29.1 Å². The lowest BCUT2D eigenvalue weighted by Gasteiger charge is -2.60. The third kappa shape index (κ3) is 3.22. The van der Waals surface area contributed by atoms with Crippen LogP contribution in [0.15, 0.2) is 41.8 Å². The van der Waals surface area contributed by atoms with Crippen molar-refractivity contribution in [3.8, 4) is 0 Å². The summed E-state index contributed by atoms with van der Waals surface area (Å²) >= 11 is 1.75. The van der Waals surface area contributed by atoms with E-state index in [1.807, 2.05) is 18.0 Å². The van der Waals surface area contributed by atoms with Gasteiger partial charge in [-0.05, 0) is 86.3 Å². The van der Waals surface area contributed by atoms with Crippen molar-refractivity contribution in [2.75, 3.05) is 12.4 Å². The van der Waals surface area contributed by atoms with Gasteiger partial charge in [-0.2, -0.15) is 0 Å². The van der Waals surface area contributed by atoms with E-state index in [4.69, 9.17) is 4.98 Å². The standard InChI is InChI=1S/C29H37N3OS/c1-18-7-5-6-8-23(18)30-27-31-24(17-34-27)22-11-10-20-19-9-12-25-29(3,16-14-26(33)32(25)4)21(19)13-15-28(20,22)2/h5-8,14,16-17,19-22,25H,9-13,15H2,1-4H3,(H,30,31)/t19-,20-,21-,22+,25+,28-,29+/m0/s1. The van der Waals surface area contributed by atoms with Crippen molar-refractivity contribution in [2.45, 2.75) is 71.3 Å². The number of nitrogens with one attached hydrogen (secondary N) is 1. The number of para-hydroxylation sites is 1.